The van der Waals surface area contributed by atoms with Crippen LogP contribution < -0.4 is 10.1 Å². The highest BCUT2D eigenvalue weighted by atomic mass is 127. The number of ether oxygens (including phenoxy) is 1. The van der Waals surface area contributed by atoms with E-state index in [9.17, 15) is 0 Å². The molecule has 0 spiro atoms. The summed E-state index contributed by atoms with van der Waals surface area (Å²) in [7, 11) is 2.01. The smallest absolute Gasteiger partial charge is 0.122 e. The van der Waals surface area contributed by atoms with Crippen molar-refractivity contribution in [3.63, 3.8) is 0 Å². The maximum absolute atomic E-state index is 5.71. The van der Waals surface area contributed by atoms with E-state index in [0.717, 1.165) is 29.7 Å². The Hall–Kier alpha value is -0.590. The van der Waals surface area contributed by atoms with E-state index in [-0.39, 0.29) is 6.04 Å². The molecule has 21 heavy (non-hydrogen) atoms. The van der Waals surface area contributed by atoms with E-state index < -0.39 is 0 Å². The van der Waals surface area contributed by atoms with Crippen LogP contribution >= 0.6 is 38.5 Å². The quantitative estimate of drug-likeness (QED) is 0.675. The Kier molecular flexibility index (Phi) is 4.86. The van der Waals surface area contributed by atoms with E-state index in [2.05, 4.69) is 80.2 Å². The molecule has 2 aromatic carbocycles. The molecule has 0 aliphatic carbocycles. The lowest BCUT2D eigenvalue weighted by molar-refractivity contribution is 0.288. The van der Waals surface area contributed by atoms with Crippen LogP contribution in [0.5, 0.6) is 5.75 Å². The van der Waals surface area contributed by atoms with Crippen LogP contribution in [0.2, 0.25) is 0 Å². The summed E-state index contributed by atoms with van der Waals surface area (Å²) in [5.41, 5.74) is 3.91. The molecule has 3 rings (SSSR count). The molecular formula is C17H17BrINO. The summed E-state index contributed by atoms with van der Waals surface area (Å²) >= 11 is 5.98. The van der Waals surface area contributed by atoms with Crippen molar-refractivity contribution in [2.45, 2.75) is 18.9 Å². The topological polar surface area (TPSA) is 21.3 Å². The molecule has 110 valence electrons. The number of hydrogen-bond acceptors (Lipinski definition) is 2. The van der Waals surface area contributed by atoms with Gasteiger partial charge in [-0.05, 0) is 83.4 Å². The second kappa shape index (κ2) is 6.67. The normalized spacial score (nSPS) is 15.2. The van der Waals surface area contributed by atoms with Gasteiger partial charge in [-0.1, -0.05) is 28.1 Å². The van der Waals surface area contributed by atoms with Crippen molar-refractivity contribution >= 4 is 38.5 Å². The van der Waals surface area contributed by atoms with Gasteiger partial charge >= 0.3 is 0 Å². The summed E-state index contributed by atoms with van der Waals surface area (Å²) in [5, 5.41) is 3.44. The molecule has 0 bridgehead atoms. The van der Waals surface area contributed by atoms with Crippen molar-refractivity contribution in [1.82, 2.24) is 5.32 Å². The third-order valence-electron chi connectivity index (χ3n) is 3.82. The first kappa shape index (κ1) is 15.3. The minimum Gasteiger partial charge on any atom is -0.493 e. The minimum atomic E-state index is 0.196. The summed E-state index contributed by atoms with van der Waals surface area (Å²) in [5.74, 6) is 1.05. The fraction of sp³-hybridized carbons (Fsp3) is 0.294. The minimum absolute atomic E-state index is 0.196. The molecule has 1 N–H and O–H groups in total. The number of hydrogen-bond donors (Lipinski definition) is 1. The van der Waals surface area contributed by atoms with Crippen molar-refractivity contribution in [2.75, 3.05) is 13.7 Å². The number of aryl methyl sites for hydroxylation is 1. The van der Waals surface area contributed by atoms with Crippen molar-refractivity contribution < 1.29 is 4.74 Å². The Morgan fingerprint density at radius 2 is 2.10 bits per heavy atom. The second-order valence-electron chi connectivity index (χ2n) is 5.21. The van der Waals surface area contributed by atoms with Crippen LogP contribution in [0.15, 0.2) is 40.9 Å². The molecule has 4 heteroatoms. The van der Waals surface area contributed by atoms with E-state index in [4.69, 9.17) is 4.74 Å². The third-order valence-corrected chi connectivity index (χ3v) is 5.30. The van der Waals surface area contributed by atoms with Crippen LogP contribution in [-0.4, -0.2) is 13.7 Å². The Balaban J connectivity index is 2.01. The van der Waals surface area contributed by atoms with Gasteiger partial charge in [0.15, 0.2) is 0 Å². The number of fused-ring (bicyclic) bond motifs is 1. The SMILES string of the molecule is CNC(c1ccc2c(c1)CCCO2)c1cc(Br)ccc1I. The third kappa shape index (κ3) is 3.27. The van der Waals surface area contributed by atoms with E-state index in [1.54, 1.807) is 0 Å². The Labute approximate surface area is 147 Å². The molecule has 0 amide bonds. The zero-order valence-corrected chi connectivity index (χ0v) is 15.6. The molecule has 1 aliphatic rings. The molecule has 2 nitrogen and oxygen atoms in total. The number of nitrogens with one attached hydrogen (secondary N) is 1. The molecule has 0 saturated carbocycles. The lowest BCUT2D eigenvalue weighted by atomic mass is 9.95. The lowest BCUT2D eigenvalue weighted by Crippen LogP contribution is -2.19. The zero-order valence-electron chi connectivity index (χ0n) is 11.8. The average molecular weight is 458 g/mol. The first-order valence-corrected chi connectivity index (χ1v) is 8.94. The average Bonchev–Trinajstić information content (AvgIpc) is 2.51. The van der Waals surface area contributed by atoms with Crippen LogP contribution in [-0.2, 0) is 6.42 Å². The van der Waals surface area contributed by atoms with E-state index in [0.29, 0.717) is 0 Å². The lowest BCUT2D eigenvalue weighted by Gasteiger charge is -2.23. The Bertz CT molecular complexity index is 659. The monoisotopic (exact) mass is 457 g/mol. The molecule has 1 aliphatic heterocycles. The van der Waals surface area contributed by atoms with Gasteiger partial charge in [0.2, 0.25) is 0 Å². The fourth-order valence-electron chi connectivity index (χ4n) is 2.80. The van der Waals surface area contributed by atoms with Crippen LogP contribution in [0.4, 0.5) is 0 Å². The molecule has 1 atom stereocenters. The predicted octanol–water partition coefficient (Wildman–Crippen LogP) is 4.69. The second-order valence-corrected chi connectivity index (χ2v) is 7.28. The van der Waals surface area contributed by atoms with Crippen molar-refractivity contribution in [2.24, 2.45) is 0 Å². The van der Waals surface area contributed by atoms with E-state index >= 15 is 0 Å². The highest BCUT2D eigenvalue weighted by molar-refractivity contribution is 14.1. The van der Waals surface area contributed by atoms with Gasteiger partial charge in [0.25, 0.3) is 0 Å². The summed E-state index contributed by atoms with van der Waals surface area (Å²) in [6, 6.07) is 13.2. The van der Waals surface area contributed by atoms with Gasteiger partial charge in [0.1, 0.15) is 5.75 Å². The van der Waals surface area contributed by atoms with Gasteiger partial charge in [-0.3, -0.25) is 0 Å². The van der Waals surface area contributed by atoms with E-state index in [1.165, 1.54) is 20.3 Å². The summed E-state index contributed by atoms with van der Waals surface area (Å²) in [4.78, 5) is 0. The fourth-order valence-corrected chi connectivity index (χ4v) is 3.82. The first-order valence-electron chi connectivity index (χ1n) is 7.07. The molecule has 0 saturated heterocycles. The van der Waals surface area contributed by atoms with Crippen LogP contribution in [0.25, 0.3) is 0 Å². The van der Waals surface area contributed by atoms with E-state index in [1.807, 2.05) is 7.05 Å². The molecule has 2 aromatic rings. The Morgan fingerprint density at radius 3 is 2.90 bits per heavy atom. The zero-order chi connectivity index (χ0) is 14.8. The molecule has 1 heterocycles. The van der Waals surface area contributed by atoms with Gasteiger partial charge in [-0.25, -0.2) is 0 Å². The number of halogens is 2. The van der Waals surface area contributed by atoms with Gasteiger partial charge in [-0.15, -0.1) is 0 Å². The van der Waals surface area contributed by atoms with Crippen LogP contribution in [0, 0.1) is 3.57 Å². The van der Waals surface area contributed by atoms with Crippen LogP contribution in [0.1, 0.15) is 29.2 Å². The molecule has 1 unspecified atom stereocenters. The number of benzene rings is 2. The molecule has 0 fully saturated rings. The summed E-state index contributed by atoms with van der Waals surface area (Å²) in [6.45, 7) is 0.839. The highest BCUT2D eigenvalue weighted by Gasteiger charge is 2.18. The first-order chi connectivity index (χ1) is 10.2. The van der Waals surface area contributed by atoms with Gasteiger partial charge in [0, 0.05) is 8.04 Å². The molecule has 0 aromatic heterocycles. The van der Waals surface area contributed by atoms with Gasteiger partial charge in [0.05, 0.1) is 12.6 Å². The maximum atomic E-state index is 5.71. The Morgan fingerprint density at radius 1 is 1.24 bits per heavy atom. The number of rotatable bonds is 3. The predicted molar refractivity (Wildman–Crippen MR) is 98.0 cm³/mol. The molecular weight excluding hydrogens is 441 g/mol. The largest absolute Gasteiger partial charge is 0.493 e. The van der Waals surface area contributed by atoms with Crippen LogP contribution in [0.3, 0.4) is 0 Å². The maximum Gasteiger partial charge on any atom is 0.122 e. The standard InChI is InChI=1S/C17H17BrINO/c1-20-17(14-10-13(18)5-6-15(14)19)12-4-7-16-11(9-12)3-2-8-21-16/h4-7,9-10,17,20H,2-3,8H2,1H3. The van der Waals surface area contributed by atoms with Gasteiger partial charge in [-0.2, -0.15) is 0 Å². The van der Waals surface area contributed by atoms with Crippen molar-refractivity contribution in [1.29, 1.82) is 0 Å². The summed E-state index contributed by atoms with van der Waals surface area (Å²) in [6.07, 6.45) is 2.21. The summed E-state index contributed by atoms with van der Waals surface area (Å²) < 4.78 is 8.09. The van der Waals surface area contributed by atoms with Crippen molar-refractivity contribution in [3.05, 3.63) is 61.1 Å². The highest BCUT2D eigenvalue weighted by Crippen LogP contribution is 2.32. The molecule has 0 radical (unpaired) electrons. The van der Waals surface area contributed by atoms with Crippen molar-refractivity contribution in [3.8, 4) is 5.75 Å². The van der Waals surface area contributed by atoms with Gasteiger partial charge < -0.3 is 10.1 Å².